The first-order chi connectivity index (χ1) is 8.13. The van der Waals surface area contributed by atoms with Crippen LogP contribution in [0.15, 0.2) is 23.6 Å². The van der Waals surface area contributed by atoms with Crippen LogP contribution < -0.4 is 0 Å². The van der Waals surface area contributed by atoms with E-state index in [4.69, 9.17) is 17.0 Å². The maximum Gasteiger partial charge on any atom is 0.348 e. The summed E-state index contributed by atoms with van der Waals surface area (Å²) >= 11 is 6.47. The number of rotatable bonds is 2. The van der Waals surface area contributed by atoms with Gasteiger partial charge in [0, 0.05) is 11.3 Å². The summed E-state index contributed by atoms with van der Waals surface area (Å²) in [6.45, 7) is 1.96. The smallest absolute Gasteiger partial charge is 0.348 e. The van der Waals surface area contributed by atoms with E-state index in [1.165, 1.54) is 18.4 Å². The van der Waals surface area contributed by atoms with Gasteiger partial charge in [0.25, 0.3) is 0 Å². The van der Waals surface area contributed by atoms with Crippen LogP contribution in [0.4, 0.5) is 0 Å². The molecule has 2 aromatic rings. The zero-order chi connectivity index (χ0) is 12.4. The van der Waals surface area contributed by atoms with Crippen LogP contribution in [0.2, 0.25) is 0 Å². The van der Waals surface area contributed by atoms with Crippen molar-refractivity contribution < 1.29 is 9.53 Å². The van der Waals surface area contributed by atoms with Crippen molar-refractivity contribution in [1.82, 2.24) is 4.98 Å². The zero-order valence-corrected chi connectivity index (χ0v) is 11.1. The first kappa shape index (κ1) is 12.0. The van der Waals surface area contributed by atoms with Crippen molar-refractivity contribution in [1.29, 1.82) is 0 Å². The monoisotopic (exact) mass is 265 g/mol. The summed E-state index contributed by atoms with van der Waals surface area (Å²) in [7, 11) is 1.38. The quantitative estimate of drug-likeness (QED) is 0.666. The van der Waals surface area contributed by atoms with Crippen molar-refractivity contribution in [3.8, 4) is 11.3 Å². The minimum Gasteiger partial charge on any atom is -0.465 e. The molecule has 1 N–H and O–H groups in total. The highest BCUT2D eigenvalue weighted by atomic mass is 32.1. The van der Waals surface area contributed by atoms with Crippen LogP contribution >= 0.6 is 23.6 Å². The summed E-state index contributed by atoms with van der Waals surface area (Å²) in [6.07, 6.45) is 0. The zero-order valence-electron chi connectivity index (χ0n) is 9.44. The molecule has 0 aliphatic heterocycles. The van der Waals surface area contributed by atoms with E-state index in [9.17, 15) is 4.79 Å². The van der Waals surface area contributed by atoms with Crippen molar-refractivity contribution in [2.75, 3.05) is 7.11 Å². The molecule has 88 valence electrons. The number of carbonyl (C=O) groups is 1. The van der Waals surface area contributed by atoms with Crippen LogP contribution in [-0.4, -0.2) is 18.1 Å². The Morgan fingerprint density at radius 2 is 2.24 bits per heavy atom. The Labute approximate surface area is 108 Å². The van der Waals surface area contributed by atoms with Crippen LogP contribution in [0, 0.1) is 11.6 Å². The second-order valence-corrected chi connectivity index (χ2v) is 4.86. The summed E-state index contributed by atoms with van der Waals surface area (Å²) in [4.78, 5) is 15.3. The Morgan fingerprint density at radius 3 is 2.88 bits per heavy atom. The highest BCUT2D eigenvalue weighted by Gasteiger charge is 2.18. The van der Waals surface area contributed by atoms with Gasteiger partial charge in [0.2, 0.25) is 0 Å². The molecule has 0 fully saturated rings. The molecule has 0 aromatic carbocycles. The average Bonchev–Trinajstić information content (AvgIpc) is 2.70. The van der Waals surface area contributed by atoms with Gasteiger partial charge in [-0.1, -0.05) is 18.3 Å². The number of nitrogens with one attached hydrogen (secondary N) is 1. The second-order valence-electron chi connectivity index (χ2n) is 3.54. The number of ether oxygens (including phenoxy) is 1. The minimum atomic E-state index is -0.318. The Hall–Kier alpha value is -1.46. The average molecular weight is 265 g/mol. The predicted octanol–water partition coefficient (Wildman–Crippen LogP) is 3.57. The van der Waals surface area contributed by atoms with Crippen LogP contribution in [0.1, 0.15) is 15.2 Å². The highest BCUT2D eigenvalue weighted by Crippen LogP contribution is 2.31. The van der Waals surface area contributed by atoms with E-state index in [0.29, 0.717) is 9.52 Å². The van der Waals surface area contributed by atoms with E-state index in [0.717, 1.165) is 16.8 Å². The van der Waals surface area contributed by atoms with E-state index in [1.807, 2.05) is 24.4 Å². The number of hydrogen-bond acceptors (Lipinski definition) is 4. The van der Waals surface area contributed by atoms with E-state index in [-0.39, 0.29) is 5.97 Å². The molecule has 17 heavy (non-hydrogen) atoms. The van der Waals surface area contributed by atoms with E-state index >= 15 is 0 Å². The molecule has 2 aromatic heterocycles. The Kier molecular flexibility index (Phi) is 3.40. The number of thiophene rings is 1. The van der Waals surface area contributed by atoms with E-state index in [2.05, 4.69) is 4.98 Å². The Balaban J connectivity index is 2.62. The molecule has 2 heterocycles. The van der Waals surface area contributed by atoms with Gasteiger partial charge >= 0.3 is 5.97 Å². The molecule has 0 bridgehead atoms. The first-order valence-corrected chi connectivity index (χ1v) is 6.28. The summed E-state index contributed by atoms with van der Waals surface area (Å²) < 4.78 is 5.42. The third kappa shape index (κ3) is 2.30. The van der Waals surface area contributed by atoms with Crippen LogP contribution in [-0.2, 0) is 4.74 Å². The van der Waals surface area contributed by atoms with Crippen LogP contribution in [0.25, 0.3) is 11.3 Å². The van der Waals surface area contributed by atoms with E-state index < -0.39 is 0 Å². The van der Waals surface area contributed by atoms with Gasteiger partial charge in [-0.3, -0.25) is 0 Å². The Bertz CT molecular complexity index is 613. The molecule has 0 spiro atoms. The normalized spacial score (nSPS) is 10.2. The number of pyridine rings is 1. The van der Waals surface area contributed by atoms with Gasteiger partial charge in [0.1, 0.15) is 9.52 Å². The number of carbonyl (C=O) groups excluding carboxylic acids is 1. The highest BCUT2D eigenvalue weighted by molar-refractivity contribution is 7.71. The molecule has 0 aliphatic rings. The largest absolute Gasteiger partial charge is 0.465 e. The molecule has 0 saturated carbocycles. The Morgan fingerprint density at radius 1 is 1.47 bits per heavy atom. The van der Waals surface area contributed by atoms with Crippen molar-refractivity contribution >= 4 is 29.5 Å². The summed E-state index contributed by atoms with van der Waals surface area (Å²) in [5.74, 6) is -0.318. The number of aromatic amines is 1. The van der Waals surface area contributed by atoms with Crippen molar-refractivity contribution in [3.63, 3.8) is 0 Å². The van der Waals surface area contributed by atoms with Crippen molar-refractivity contribution in [3.05, 3.63) is 38.7 Å². The van der Waals surface area contributed by atoms with Gasteiger partial charge in [0.05, 0.1) is 7.11 Å². The van der Waals surface area contributed by atoms with Gasteiger partial charge in [-0.15, -0.1) is 11.3 Å². The van der Waals surface area contributed by atoms with Crippen molar-refractivity contribution in [2.24, 2.45) is 0 Å². The number of esters is 1. The molecular formula is C12H11NO2S2. The molecular weight excluding hydrogens is 254 g/mol. The van der Waals surface area contributed by atoms with Crippen molar-refractivity contribution in [2.45, 2.75) is 6.92 Å². The third-order valence-electron chi connectivity index (χ3n) is 2.38. The van der Waals surface area contributed by atoms with E-state index in [1.54, 1.807) is 6.07 Å². The topological polar surface area (TPSA) is 42.1 Å². The lowest BCUT2D eigenvalue weighted by Gasteiger charge is -2.04. The first-order valence-electron chi connectivity index (χ1n) is 4.99. The summed E-state index contributed by atoms with van der Waals surface area (Å²) in [5, 5.41) is 1.94. The van der Waals surface area contributed by atoms with Gasteiger partial charge < -0.3 is 9.72 Å². The number of hydrogen-bond donors (Lipinski definition) is 1. The molecule has 0 atom stereocenters. The standard InChI is InChI=1S/C12H11NO2S2/c1-7-6-17-11(12(14)15-2)10(7)8-4-3-5-9(16)13-8/h3-6H,1-2H3,(H,13,16). The molecule has 0 amide bonds. The number of aromatic nitrogens is 1. The predicted molar refractivity (Wildman–Crippen MR) is 71.0 cm³/mol. The fourth-order valence-electron chi connectivity index (χ4n) is 1.62. The SMILES string of the molecule is COC(=O)c1scc(C)c1-c1cccc(=S)[nH]1. The number of aryl methyl sites for hydroxylation is 1. The maximum absolute atomic E-state index is 11.7. The van der Waals surface area contributed by atoms with Crippen LogP contribution in [0.5, 0.6) is 0 Å². The molecule has 3 nitrogen and oxygen atoms in total. The third-order valence-corrected chi connectivity index (χ3v) is 3.70. The number of H-pyrrole nitrogens is 1. The molecule has 0 unspecified atom stereocenters. The summed E-state index contributed by atoms with van der Waals surface area (Å²) in [5.41, 5.74) is 2.75. The van der Waals surface area contributed by atoms with Gasteiger partial charge in [-0.2, -0.15) is 0 Å². The molecule has 0 radical (unpaired) electrons. The minimum absolute atomic E-state index is 0.318. The fourth-order valence-corrected chi connectivity index (χ4v) is 2.78. The second kappa shape index (κ2) is 4.81. The molecule has 0 saturated heterocycles. The molecule has 0 aliphatic carbocycles. The van der Waals surface area contributed by atoms with Gasteiger partial charge in [-0.05, 0) is 30.0 Å². The maximum atomic E-state index is 11.7. The lowest BCUT2D eigenvalue weighted by Crippen LogP contribution is -2.01. The van der Waals surface area contributed by atoms with Gasteiger partial charge in [0.15, 0.2) is 0 Å². The molecule has 5 heteroatoms. The molecule has 2 rings (SSSR count). The lowest BCUT2D eigenvalue weighted by molar-refractivity contribution is 0.0607. The summed E-state index contributed by atoms with van der Waals surface area (Å²) in [6, 6.07) is 5.57. The van der Waals surface area contributed by atoms with Gasteiger partial charge in [-0.25, -0.2) is 4.79 Å². The van der Waals surface area contributed by atoms with Crippen LogP contribution in [0.3, 0.4) is 0 Å². The fraction of sp³-hybridized carbons (Fsp3) is 0.167. The lowest BCUT2D eigenvalue weighted by atomic mass is 10.1. The number of methoxy groups -OCH3 is 1.